The smallest absolute Gasteiger partial charge is 0.376 e. The number of benzene rings is 1. The van der Waals surface area contributed by atoms with E-state index in [0.29, 0.717) is 0 Å². The standard InChI is InChI=1S/C13H16O6/c1-13(2,3)8-4-5-10(18-7-11(14)15)9(6-8)12(16)19-17/h4-6,17H,7H2,1-3H3,(H,14,15). The van der Waals surface area contributed by atoms with Crippen molar-refractivity contribution in [3.63, 3.8) is 0 Å². The number of aliphatic carboxylic acids is 1. The van der Waals surface area contributed by atoms with Crippen LogP contribution in [0.25, 0.3) is 0 Å². The van der Waals surface area contributed by atoms with Gasteiger partial charge >= 0.3 is 11.9 Å². The highest BCUT2D eigenvalue weighted by atomic mass is 17.1. The van der Waals surface area contributed by atoms with E-state index in [1.807, 2.05) is 20.8 Å². The van der Waals surface area contributed by atoms with Gasteiger partial charge in [0.15, 0.2) is 6.61 Å². The van der Waals surface area contributed by atoms with Crippen molar-refractivity contribution in [2.45, 2.75) is 26.2 Å². The fraction of sp³-hybridized carbons (Fsp3) is 0.385. The molecule has 1 aromatic carbocycles. The normalized spacial score (nSPS) is 10.9. The van der Waals surface area contributed by atoms with Crippen molar-refractivity contribution in [2.75, 3.05) is 6.61 Å². The lowest BCUT2D eigenvalue weighted by atomic mass is 9.86. The van der Waals surface area contributed by atoms with E-state index in [1.165, 1.54) is 12.1 Å². The summed E-state index contributed by atoms with van der Waals surface area (Å²) in [5.74, 6) is -2.11. The molecule has 6 nitrogen and oxygen atoms in total. The van der Waals surface area contributed by atoms with Crippen molar-refractivity contribution < 1.29 is 29.6 Å². The molecule has 0 saturated heterocycles. The number of hydrogen-bond donors (Lipinski definition) is 2. The maximum absolute atomic E-state index is 11.5. The molecule has 0 aliphatic carbocycles. The van der Waals surface area contributed by atoms with Gasteiger partial charge in [0.2, 0.25) is 0 Å². The van der Waals surface area contributed by atoms with Gasteiger partial charge in [0.25, 0.3) is 0 Å². The summed E-state index contributed by atoms with van der Waals surface area (Å²) in [6.07, 6.45) is 0. The molecule has 0 radical (unpaired) electrons. The summed E-state index contributed by atoms with van der Waals surface area (Å²) in [5.41, 5.74) is 0.599. The number of carbonyl (C=O) groups excluding carboxylic acids is 1. The van der Waals surface area contributed by atoms with Crippen LogP contribution in [0.3, 0.4) is 0 Å². The fourth-order valence-corrected chi connectivity index (χ4v) is 1.47. The minimum Gasteiger partial charge on any atom is -0.481 e. The Hall–Kier alpha value is -2.08. The number of rotatable bonds is 4. The second-order valence-electron chi connectivity index (χ2n) is 5.02. The zero-order valence-corrected chi connectivity index (χ0v) is 11.0. The van der Waals surface area contributed by atoms with Gasteiger partial charge in [0, 0.05) is 0 Å². The molecule has 0 spiro atoms. The van der Waals surface area contributed by atoms with E-state index in [1.54, 1.807) is 6.07 Å². The van der Waals surface area contributed by atoms with Gasteiger partial charge in [0.1, 0.15) is 11.3 Å². The van der Waals surface area contributed by atoms with E-state index in [9.17, 15) is 9.59 Å². The summed E-state index contributed by atoms with van der Waals surface area (Å²) in [4.78, 5) is 25.6. The Bertz CT molecular complexity index is 486. The summed E-state index contributed by atoms with van der Waals surface area (Å²) < 4.78 is 4.98. The van der Waals surface area contributed by atoms with Gasteiger partial charge in [-0.25, -0.2) is 9.59 Å². The lowest BCUT2D eigenvalue weighted by Crippen LogP contribution is -2.16. The minimum atomic E-state index is -1.16. The highest BCUT2D eigenvalue weighted by Crippen LogP contribution is 2.28. The molecule has 0 atom stereocenters. The number of carboxylic acids is 1. The van der Waals surface area contributed by atoms with Gasteiger partial charge in [0.05, 0.1) is 0 Å². The van der Waals surface area contributed by atoms with Crippen molar-refractivity contribution in [1.29, 1.82) is 0 Å². The molecule has 0 aromatic heterocycles. The van der Waals surface area contributed by atoms with Crippen molar-refractivity contribution in [1.82, 2.24) is 0 Å². The second-order valence-corrected chi connectivity index (χ2v) is 5.02. The van der Waals surface area contributed by atoms with Gasteiger partial charge in [-0.3, -0.25) is 4.89 Å². The minimum absolute atomic E-state index is 0.0174. The third-order valence-electron chi connectivity index (χ3n) is 2.50. The number of carboxylic acid groups (broad SMARTS) is 1. The highest BCUT2D eigenvalue weighted by Gasteiger charge is 2.21. The Balaban J connectivity index is 3.17. The van der Waals surface area contributed by atoms with Gasteiger partial charge in [-0.2, -0.15) is 5.26 Å². The predicted molar refractivity (Wildman–Crippen MR) is 66.3 cm³/mol. The van der Waals surface area contributed by atoms with Crippen molar-refractivity contribution in [2.24, 2.45) is 0 Å². The molecule has 2 N–H and O–H groups in total. The van der Waals surface area contributed by atoms with Crippen molar-refractivity contribution in [3.05, 3.63) is 29.3 Å². The van der Waals surface area contributed by atoms with Crippen molar-refractivity contribution >= 4 is 11.9 Å². The van der Waals surface area contributed by atoms with Crippen molar-refractivity contribution in [3.8, 4) is 5.75 Å². The maximum Gasteiger partial charge on any atom is 0.376 e. The Morgan fingerprint density at radius 2 is 1.89 bits per heavy atom. The lowest BCUT2D eigenvalue weighted by Gasteiger charge is -2.20. The largest absolute Gasteiger partial charge is 0.481 e. The topological polar surface area (TPSA) is 93.1 Å². The Morgan fingerprint density at radius 1 is 1.26 bits per heavy atom. The average Bonchev–Trinajstić information content (AvgIpc) is 2.34. The molecule has 0 aliphatic rings. The maximum atomic E-state index is 11.5. The molecule has 0 unspecified atom stereocenters. The molecule has 0 amide bonds. The van der Waals surface area contributed by atoms with E-state index in [0.717, 1.165) is 5.56 Å². The van der Waals surface area contributed by atoms with Gasteiger partial charge < -0.3 is 9.84 Å². The first-order valence-electron chi connectivity index (χ1n) is 5.60. The Labute approximate surface area is 110 Å². The number of ether oxygens (including phenoxy) is 1. The molecule has 1 rings (SSSR count). The number of hydrogen-bond acceptors (Lipinski definition) is 5. The molecular formula is C13H16O6. The highest BCUT2D eigenvalue weighted by molar-refractivity contribution is 5.92. The molecular weight excluding hydrogens is 252 g/mol. The molecule has 0 saturated carbocycles. The van der Waals surface area contributed by atoms with Crippen LogP contribution in [0.1, 0.15) is 36.7 Å². The zero-order chi connectivity index (χ0) is 14.6. The summed E-state index contributed by atoms with van der Waals surface area (Å²) in [6.45, 7) is 5.27. The summed E-state index contributed by atoms with van der Waals surface area (Å²) in [7, 11) is 0. The first kappa shape index (κ1) is 15.0. The van der Waals surface area contributed by atoms with E-state index in [-0.39, 0.29) is 16.7 Å². The molecule has 0 bridgehead atoms. The number of carbonyl (C=O) groups is 2. The first-order valence-corrected chi connectivity index (χ1v) is 5.60. The third kappa shape index (κ3) is 3.96. The average molecular weight is 268 g/mol. The molecule has 104 valence electrons. The van der Waals surface area contributed by atoms with Crippen LogP contribution >= 0.6 is 0 Å². The predicted octanol–water partition coefficient (Wildman–Crippen LogP) is 2.08. The fourth-order valence-electron chi connectivity index (χ4n) is 1.47. The molecule has 1 aromatic rings. The van der Waals surface area contributed by atoms with Crippen LogP contribution in [-0.2, 0) is 15.1 Å². The van der Waals surface area contributed by atoms with Crippen LogP contribution in [0, 0.1) is 0 Å². The Morgan fingerprint density at radius 3 is 2.37 bits per heavy atom. The molecule has 0 aliphatic heterocycles. The summed E-state index contributed by atoms with van der Waals surface area (Å²) in [6, 6.07) is 4.72. The Kier molecular flexibility index (Phi) is 4.50. The van der Waals surface area contributed by atoms with E-state index in [4.69, 9.17) is 15.1 Å². The van der Waals surface area contributed by atoms with E-state index < -0.39 is 18.5 Å². The van der Waals surface area contributed by atoms with Crippen LogP contribution in [0.4, 0.5) is 0 Å². The van der Waals surface area contributed by atoms with Gasteiger partial charge in [-0.1, -0.05) is 26.8 Å². The first-order chi connectivity index (χ1) is 8.75. The monoisotopic (exact) mass is 268 g/mol. The quantitative estimate of drug-likeness (QED) is 0.641. The SMILES string of the molecule is CC(C)(C)c1ccc(OCC(=O)O)c(C(=O)OO)c1. The van der Waals surface area contributed by atoms with Crippen LogP contribution < -0.4 is 4.74 Å². The van der Waals surface area contributed by atoms with Gasteiger partial charge in [-0.15, -0.1) is 0 Å². The van der Waals surface area contributed by atoms with E-state index in [2.05, 4.69) is 4.89 Å². The summed E-state index contributed by atoms with van der Waals surface area (Å²) >= 11 is 0. The van der Waals surface area contributed by atoms with Crippen LogP contribution in [0.2, 0.25) is 0 Å². The van der Waals surface area contributed by atoms with Crippen LogP contribution in [0.15, 0.2) is 18.2 Å². The lowest BCUT2D eigenvalue weighted by molar-refractivity contribution is -0.183. The van der Waals surface area contributed by atoms with Crippen LogP contribution in [0.5, 0.6) is 5.75 Å². The van der Waals surface area contributed by atoms with Gasteiger partial charge in [-0.05, 0) is 23.1 Å². The second kappa shape index (κ2) is 5.71. The molecule has 0 heterocycles. The van der Waals surface area contributed by atoms with E-state index >= 15 is 0 Å². The summed E-state index contributed by atoms with van der Waals surface area (Å²) in [5, 5.41) is 17.0. The third-order valence-corrected chi connectivity index (χ3v) is 2.50. The zero-order valence-electron chi connectivity index (χ0n) is 11.0. The molecule has 19 heavy (non-hydrogen) atoms. The molecule has 6 heteroatoms. The molecule has 0 fully saturated rings. The van der Waals surface area contributed by atoms with Crippen LogP contribution in [-0.4, -0.2) is 28.9 Å².